The summed E-state index contributed by atoms with van der Waals surface area (Å²) in [5.41, 5.74) is 2.16. The molecule has 2 aromatic carbocycles. The van der Waals surface area contributed by atoms with E-state index in [0.717, 1.165) is 41.9 Å². The molecule has 1 saturated carbocycles. The summed E-state index contributed by atoms with van der Waals surface area (Å²) in [5.74, 6) is 0. The van der Waals surface area contributed by atoms with Crippen LogP contribution in [0.3, 0.4) is 0 Å². The van der Waals surface area contributed by atoms with Crippen molar-refractivity contribution in [2.75, 3.05) is 0 Å². The van der Waals surface area contributed by atoms with E-state index in [0.29, 0.717) is 0 Å². The van der Waals surface area contributed by atoms with Gasteiger partial charge in [-0.1, -0.05) is 88.7 Å². The summed E-state index contributed by atoms with van der Waals surface area (Å²) in [6.45, 7) is 0. The quantitative estimate of drug-likeness (QED) is 0.321. The minimum Gasteiger partial charge on any atom is -0.287 e. The Kier molecular flexibility index (Phi) is 7.67. The van der Waals surface area contributed by atoms with Gasteiger partial charge in [0.15, 0.2) is 0 Å². The summed E-state index contributed by atoms with van der Waals surface area (Å²) in [6.07, 6.45) is 8.53. The van der Waals surface area contributed by atoms with Crippen molar-refractivity contribution in [3.63, 3.8) is 0 Å². The molecular formula is C20H18Br4N2. The summed E-state index contributed by atoms with van der Waals surface area (Å²) < 4.78 is 4.18. The average molecular weight is 606 g/mol. The van der Waals surface area contributed by atoms with Crippen molar-refractivity contribution in [3.05, 3.63) is 65.4 Å². The first kappa shape index (κ1) is 20.4. The molecule has 0 N–H and O–H groups in total. The third-order valence-corrected chi connectivity index (χ3v) is 7.25. The number of benzene rings is 2. The number of rotatable bonds is 4. The van der Waals surface area contributed by atoms with Crippen LogP contribution in [-0.2, 0) is 0 Å². The first-order valence-electron chi connectivity index (χ1n) is 8.50. The number of halogens is 4. The molecule has 1 fully saturated rings. The number of hydrogen-bond donors (Lipinski definition) is 0. The van der Waals surface area contributed by atoms with Crippen molar-refractivity contribution >= 4 is 76.1 Å². The van der Waals surface area contributed by atoms with Crippen LogP contribution in [0.4, 0.5) is 0 Å². The second-order valence-electron chi connectivity index (χ2n) is 6.25. The van der Waals surface area contributed by atoms with Crippen LogP contribution in [0.1, 0.15) is 36.8 Å². The van der Waals surface area contributed by atoms with Gasteiger partial charge in [-0.15, -0.1) is 0 Å². The lowest BCUT2D eigenvalue weighted by molar-refractivity contribution is 0.390. The van der Waals surface area contributed by atoms with E-state index in [1.165, 1.54) is 12.8 Å². The molecule has 1 aliphatic rings. The molecule has 26 heavy (non-hydrogen) atoms. The Hall–Kier alpha value is -0.300. The molecule has 0 spiro atoms. The third kappa shape index (κ3) is 5.15. The van der Waals surface area contributed by atoms with Crippen molar-refractivity contribution in [2.45, 2.75) is 37.8 Å². The molecule has 3 rings (SSSR count). The normalized spacial score (nSPS) is 20.9. The van der Waals surface area contributed by atoms with E-state index >= 15 is 0 Å². The van der Waals surface area contributed by atoms with Crippen molar-refractivity contribution in [1.29, 1.82) is 0 Å². The fraction of sp³-hybridized carbons (Fsp3) is 0.300. The van der Waals surface area contributed by atoms with Crippen LogP contribution >= 0.6 is 63.7 Å². The van der Waals surface area contributed by atoms with Gasteiger partial charge in [0.1, 0.15) is 0 Å². The van der Waals surface area contributed by atoms with Gasteiger partial charge < -0.3 is 0 Å². The molecule has 2 nitrogen and oxygen atoms in total. The Morgan fingerprint density at radius 3 is 1.35 bits per heavy atom. The van der Waals surface area contributed by atoms with Crippen LogP contribution in [0, 0.1) is 0 Å². The van der Waals surface area contributed by atoms with Crippen LogP contribution in [0.15, 0.2) is 64.3 Å². The van der Waals surface area contributed by atoms with Crippen molar-refractivity contribution in [1.82, 2.24) is 0 Å². The Labute approximate surface area is 188 Å². The molecule has 1 aliphatic carbocycles. The van der Waals surface area contributed by atoms with E-state index in [9.17, 15) is 0 Å². The van der Waals surface area contributed by atoms with Crippen molar-refractivity contribution in [2.24, 2.45) is 9.98 Å². The fourth-order valence-corrected chi connectivity index (χ4v) is 5.45. The minimum absolute atomic E-state index is 0.222. The summed E-state index contributed by atoms with van der Waals surface area (Å²) in [6, 6.07) is 12.6. The van der Waals surface area contributed by atoms with Gasteiger partial charge >= 0.3 is 0 Å². The van der Waals surface area contributed by atoms with E-state index in [1.807, 2.05) is 48.8 Å². The highest BCUT2D eigenvalue weighted by molar-refractivity contribution is 9.11. The van der Waals surface area contributed by atoms with Gasteiger partial charge in [-0.3, -0.25) is 9.98 Å². The minimum atomic E-state index is 0.222. The zero-order valence-corrected chi connectivity index (χ0v) is 20.4. The lowest BCUT2D eigenvalue weighted by Gasteiger charge is -2.25. The van der Waals surface area contributed by atoms with E-state index < -0.39 is 0 Å². The molecule has 0 unspecified atom stereocenters. The third-order valence-electron chi connectivity index (χ3n) is 4.48. The van der Waals surface area contributed by atoms with Crippen molar-refractivity contribution < 1.29 is 0 Å². The molecule has 0 aliphatic heterocycles. The van der Waals surface area contributed by atoms with Gasteiger partial charge in [0.25, 0.3) is 0 Å². The largest absolute Gasteiger partial charge is 0.287 e. The zero-order chi connectivity index (χ0) is 18.5. The van der Waals surface area contributed by atoms with Gasteiger partial charge in [-0.2, -0.15) is 0 Å². The van der Waals surface area contributed by atoms with Crippen LogP contribution in [-0.4, -0.2) is 24.5 Å². The van der Waals surface area contributed by atoms with Crippen molar-refractivity contribution in [3.8, 4) is 0 Å². The van der Waals surface area contributed by atoms with Gasteiger partial charge in [-0.25, -0.2) is 0 Å². The highest BCUT2D eigenvalue weighted by atomic mass is 79.9. The summed E-state index contributed by atoms with van der Waals surface area (Å²) in [5, 5.41) is 0. The van der Waals surface area contributed by atoms with Crippen LogP contribution in [0.2, 0.25) is 0 Å². The maximum absolute atomic E-state index is 4.89. The zero-order valence-electron chi connectivity index (χ0n) is 14.0. The van der Waals surface area contributed by atoms with Gasteiger partial charge in [-0.05, 0) is 37.1 Å². The van der Waals surface area contributed by atoms with E-state index in [4.69, 9.17) is 9.98 Å². The summed E-state index contributed by atoms with van der Waals surface area (Å²) in [7, 11) is 0. The highest BCUT2D eigenvalue weighted by Gasteiger charge is 2.23. The van der Waals surface area contributed by atoms with Crippen LogP contribution in [0.25, 0.3) is 0 Å². The van der Waals surface area contributed by atoms with E-state index in [1.54, 1.807) is 0 Å². The highest BCUT2D eigenvalue weighted by Crippen LogP contribution is 2.28. The lowest BCUT2D eigenvalue weighted by atomic mass is 9.91. The monoisotopic (exact) mass is 602 g/mol. The molecule has 0 radical (unpaired) electrons. The first-order valence-corrected chi connectivity index (χ1v) is 11.7. The molecule has 6 heteroatoms. The Morgan fingerprint density at radius 2 is 1.00 bits per heavy atom. The molecule has 2 atom stereocenters. The lowest BCUT2D eigenvalue weighted by Crippen LogP contribution is -2.27. The Bertz CT molecular complexity index is 723. The van der Waals surface area contributed by atoms with Gasteiger partial charge in [0, 0.05) is 41.4 Å². The van der Waals surface area contributed by atoms with Crippen LogP contribution in [0.5, 0.6) is 0 Å². The molecule has 0 aromatic heterocycles. The predicted octanol–water partition coefficient (Wildman–Crippen LogP) is 7.59. The molecule has 0 bridgehead atoms. The first-order chi connectivity index (χ1) is 12.6. The standard InChI is InChI=1S/C20H18Br4N2/c21-15-5-3-6-16(22)13(15)11-25-19-9-1-2-10-20(19)26-12-14-17(23)7-4-8-18(14)24/h3-8,11-12,19-20H,1-2,9-10H2/t19-,20-/m0/s1. The molecule has 0 heterocycles. The fourth-order valence-electron chi connectivity index (χ4n) is 3.05. The number of aliphatic imine (C=N–C) groups is 2. The van der Waals surface area contributed by atoms with Gasteiger partial charge in [0.05, 0.1) is 12.1 Å². The van der Waals surface area contributed by atoms with E-state index in [2.05, 4.69) is 63.7 Å². The Balaban J connectivity index is 1.80. The Morgan fingerprint density at radius 1 is 0.654 bits per heavy atom. The molecule has 0 amide bonds. The van der Waals surface area contributed by atoms with Gasteiger partial charge in [0.2, 0.25) is 0 Å². The second kappa shape index (κ2) is 9.76. The number of hydrogen-bond acceptors (Lipinski definition) is 2. The maximum atomic E-state index is 4.89. The maximum Gasteiger partial charge on any atom is 0.0723 e. The summed E-state index contributed by atoms with van der Waals surface area (Å²) >= 11 is 14.4. The molecule has 2 aromatic rings. The van der Waals surface area contributed by atoms with Crippen LogP contribution < -0.4 is 0 Å². The summed E-state index contributed by atoms with van der Waals surface area (Å²) in [4.78, 5) is 9.78. The molecular weight excluding hydrogens is 588 g/mol. The predicted molar refractivity (Wildman–Crippen MR) is 125 cm³/mol. The SMILES string of the molecule is Brc1cccc(Br)c1C=N[C@H]1CCCC[C@@H]1N=Cc1c(Br)cccc1Br. The molecule has 0 saturated heterocycles. The second-order valence-corrected chi connectivity index (χ2v) is 9.66. The average Bonchev–Trinajstić information content (AvgIpc) is 2.62. The smallest absolute Gasteiger partial charge is 0.0723 e. The molecule has 136 valence electrons. The number of nitrogens with zero attached hydrogens (tertiary/aromatic N) is 2. The van der Waals surface area contributed by atoms with E-state index in [-0.39, 0.29) is 12.1 Å². The topological polar surface area (TPSA) is 24.7 Å².